The molecule has 1 aromatic heterocycles. The molecule has 0 spiro atoms. The van der Waals surface area contributed by atoms with E-state index in [9.17, 15) is 19.2 Å². The van der Waals surface area contributed by atoms with Gasteiger partial charge in [0.1, 0.15) is 5.15 Å². The summed E-state index contributed by atoms with van der Waals surface area (Å²) in [7, 11) is 2.45. The molecule has 0 saturated carbocycles. The Bertz CT molecular complexity index is 988. The van der Waals surface area contributed by atoms with Crippen LogP contribution in [0.4, 0.5) is 4.79 Å². The molecule has 1 aliphatic heterocycles. The normalized spacial score (nSPS) is 15.8. The Morgan fingerprint density at radius 1 is 1.07 bits per heavy atom. The van der Waals surface area contributed by atoms with Gasteiger partial charge in [0.2, 0.25) is 0 Å². The van der Waals surface area contributed by atoms with Crippen LogP contribution < -0.4 is 0 Å². The number of aryl methyl sites for hydroxylation is 1. The fourth-order valence-electron chi connectivity index (χ4n) is 2.85. The number of nitrogens with zero attached hydrogens (tertiary/aromatic N) is 4. The number of carbonyl (C=O) groups is 4. The van der Waals surface area contributed by atoms with Crippen molar-refractivity contribution >= 4 is 41.3 Å². The Labute approximate surface area is 166 Å². The second-order valence-corrected chi connectivity index (χ2v) is 6.64. The molecular formula is C19H17ClN4O4. The number of rotatable bonds is 4. The van der Waals surface area contributed by atoms with E-state index in [1.165, 1.54) is 24.9 Å². The van der Waals surface area contributed by atoms with E-state index in [4.69, 9.17) is 11.6 Å². The number of imide groups is 2. The average Bonchev–Trinajstić information content (AvgIpc) is 2.97. The molecule has 0 N–H and O–H groups in total. The molecule has 0 aliphatic carbocycles. The predicted octanol–water partition coefficient (Wildman–Crippen LogP) is 2.08. The molecule has 1 saturated heterocycles. The highest BCUT2D eigenvalue weighted by atomic mass is 35.5. The average molecular weight is 401 g/mol. The summed E-state index contributed by atoms with van der Waals surface area (Å²) in [6, 6.07) is 8.44. The Morgan fingerprint density at radius 3 is 2.21 bits per heavy atom. The quantitative estimate of drug-likeness (QED) is 0.578. The van der Waals surface area contributed by atoms with Crippen molar-refractivity contribution in [2.45, 2.75) is 6.92 Å². The van der Waals surface area contributed by atoms with Crippen molar-refractivity contribution in [1.29, 1.82) is 0 Å². The van der Waals surface area contributed by atoms with Crippen LogP contribution in [0.5, 0.6) is 0 Å². The summed E-state index contributed by atoms with van der Waals surface area (Å²) in [6.07, 6.45) is 2.53. The third-order valence-corrected chi connectivity index (χ3v) is 4.84. The fourth-order valence-corrected chi connectivity index (χ4v) is 3.19. The van der Waals surface area contributed by atoms with Crippen LogP contribution in [0.1, 0.15) is 11.3 Å². The molecular weight excluding hydrogens is 384 g/mol. The summed E-state index contributed by atoms with van der Waals surface area (Å²) in [5, 5.41) is 4.65. The van der Waals surface area contributed by atoms with Gasteiger partial charge in [-0.05, 0) is 31.2 Å². The number of hydrogen-bond donors (Lipinski definition) is 0. The number of carbonyl (C=O) groups excluding carboxylic acids is 4. The smallest absolute Gasteiger partial charge is 0.293 e. The lowest BCUT2D eigenvalue weighted by atomic mass is 9.98. The van der Waals surface area contributed by atoms with E-state index in [0.29, 0.717) is 16.4 Å². The summed E-state index contributed by atoms with van der Waals surface area (Å²) >= 11 is 6.40. The molecule has 1 aromatic carbocycles. The van der Waals surface area contributed by atoms with Gasteiger partial charge in [0.15, 0.2) is 11.7 Å². The molecule has 4 amide bonds. The van der Waals surface area contributed by atoms with Crippen molar-refractivity contribution in [1.82, 2.24) is 19.6 Å². The second-order valence-electron chi connectivity index (χ2n) is 6.28. The largest absolute Gasteiger partial charge is 0.332 e. The number of benzene rings is 1. The highest BCUT2D eigenvalue weighted by molar-refractivity contribution is 6.32. The Balaban J connectivity index is 1.89. The van der Waals surface area contributed by atoms with Crippen LogP contribution in [-0.4, -0.2) is 57.3 Å². The van der Waals surface area contributed by atoms with E-state index in [-0.39, 0.29) is 0 Å². The van der Waals surface area contributed by atoms with Gasteiger partial charge in [0, 0.05) is 19.7 Å². The summed E-state index contributed by atoms with van der Waals surface area (Å²) in [4.78, 5) is 50.3. The van der Waals surface area contributed by atoms with Gasteiger partial charge in [-0.2, -0.15) is 5.10 Å². The topological polar surface area (TPSA) is 92.6 Å². The molecule has 1 fully saturated rings. The van der Waals surface area contributed by atoms with Crippen LogP contribution in [0.25, 0.3) is 11.8 Å². The lowest BCUT2D eigenvalue weighted by Crippen LogP contribution is -2.58. The van der Waals surface area contributed by atoms with Gasteiger partial charge < -0.3 is 0 Å². The van der Waals surface area contributed by atoms with E-state index in [2.05, 4.69) is 5.10 Å². The highest BCUT2D eigenvalue weighted by Crippen LogP contribution is 2.25. The first-order valence-electron chi connectivity index (χ1n) is 8.35. The predicted molar refractivity (Wildman–Crippen MR) is 102 cm³/mol. The van der Waals surface area contributed by atoms with Crippen LogP contribution in [0, 0.1) is 12.8 Å². The van der Waals surface area contributed by atoms with E-state index in [0.717, 1.165) is 21.6 Å². The lowest BCUT2D eigenvalue weighted by molar-refractivity contribution is -0.150. The van der Waals surface area contributed by atoms with Gasteiger partial charge in [-0.15, -0.1) is 0 Å². The van der Waals surface area contributed by atoms with Crippen LogP contribution in [0.15, 0.2) is 36.4 Å². The van der Waals surface area contributed by atoms with Crippen molar-refractivity contribution in [2.75, 3.05) is 14.1 Å². The first kappa shape index (κ1) is 19.5. The van der Waals surface area contributed by atoms with Crippen LogP contribution in [0.3, 0.4) is 0 Å². The summed E-state index contributed by atoms with van der Waals surface area (Å²) < 4.78 is 1.53. The zero-order valence-corrected chi connectivity index (χ0v) is 16.2. The summed E-state index contributed by atoms with van der Waals surface area (Å²) in [6.45, 7) is 1.73. The van der Waals surface area contributed by atoms with Crippen molar-refractivity contribution in [2.24, 2.45) is 5.92 Å². The van der Waals surface area contributed by atoms with Crippen molar-refractivity contribution in [3.05, 3.63) is 52.8 Å². The zero-order valence-electron chi connectivity index (χ0n) is 15.4. The van der Waals surface area contributed by atoms with Gasteiger partial charge in [-0.3, -0.25) is 24.2 Å². The minimum Gasteiger partial charge on any atom is -0.293 e. The Morgan fingerprint density at radius 2 is 1.64 bits per heavy atom. The number of halogens is 1. The summed E-state index contributed by atoms with van der Waals surface area (Å²) in [5.41, 5.74) is 1.82. The number of barbiturate groups is 1. The van der Waals surface area contributed by atoms with Crippen LogP contribution in [0.2, 0.25) is 5.15 Å². The molecule has 0 atom stereocenters. The molecule has 1 aliphatic rings. The number of amides is 4. The molecule has 0 radical (unpaired) electrons. The maximum Gasteiger partial charge on any atom is 0.332 e. The molecule has 3 rings (SSSR count). The van der Waals surface area contributed by atoms with Gasteiger partial charge >= 0.3 is 6.03 Å². The number of aromatic nitrogens is 2. The zero-order chi connectivity index (χ0) is 20.6. The first-order valence-corrected chi connectivity index (χ1v) is 8.73. The third kappa shape index (κ3) is 3.22. The fraction of sp³-hybridized carbons (Fsp3) is 0.211. The van der Waals surface area contributed by atoms with Crippen LogP contribution >= 0.6 is 11.6 Å². The van der Waals surface area contributed by atoms with Gasteiger partial charge in [0.05, 0.1) is 11.4 Å². The molecule has 144 valence electrons. The van der Waals surface area contributed by atoms with Crippen molar-refractivity contribution < 1.29 is 19.2 Å². The van der Waals surface area contributed by atoms with Crippen molar-refractivity contribution in [3.8, 4) is 5.69 Å². The Hall–Kier alpha value is -3.26. The standard InChI is InChI=1S/C19H17ClN4O4/c1-11-13(16(20)24(21-11)12-7-5-4-6-8-12)9-10-14(25)15-17(26)22(2)19(28)23(3)18(15)27/h4-10,15H,1-3H3/b10-9+. The minimum atomic E-state index is -1.59. The van der Waals surface area contributed by atoms with Gasteiger partial charge in [-0.1, -0.05) is 29.8 Å². The molecule has 28 heavy (non-hydrogen) atoms. The van der Waals surface area contributed by atoms with E-state index in [1.807, 2.05) is 30.3 Å². The van der Waals surface area contributed by atoms with E-state index >= 15 is 0 Å². The monoisotopic (exact) mass is 400 g/mol. The lowest BCUT2D eigenvalue weighted by Gasteiger charge is -2.31. The minimum absolute atomic E-state index is 0.290. The first-order chi connectivity index (χ1) is 13.2. The molecule has 2 heterocycles. The van der Waals surface area contributed by atoms with Crippen molar-refractivity contribution in [3.63, 3.8) is 0 Å². The second kappa shape index (κ2) is 7.40. The van der Waals surface area contributed by atoms with Crippen LogP contribution in [-0.2, 0) is 14.4 Å². The number of allylic oxidation sites excluding steroid dienone is 1. The molecule has 0 bridgehead atoms. The highest BCUT2D eigenvalue weighted by Gasteiger charge is 2.45. The third-order valence-electron chi connectivity index (χ3n) is 4.48. The SMILES string of the molecule is Cc1nn(-c2ccccc2)c(Cl)c1/C=C/C(=O)C1C(=O)N(C)C(=O)N(C)C1=O. The maximum absolute atomic E-state index is 12.5. The maximum atomic E-state index is 12.5. The molecule has 0 unspecified atom stereocenters. The number of para-hydroxylation sites is 1. The number of urea groups is 1. The van der Waals surface area contributed by atoms with E-state index < -0.39 is 29.5 Å². The van der Waals surface area contributed by atoms with Gasteiger partial charge in [-0.25, -0.2) is 9.48 Å². The Kier molecular flexibility index (Phi) is 5.15. The van der Waals surface area contributed by atoms with Gasteiger partial charge in [0.25, 0.3) is 11.8 Å². The number of ketones is 1. The molecule has 2 aromatic rings. The summed E-state index contributed by atoms with van der Waals surface area (Å²) in [5.74, 6) is -4.03. The van der Waals surface area contributed by atoms with E-state index in [1.54, 1.807) is 6.92 Å². The molecule has 9 heteroatoms. The molecule has 8 nitrogen and oxygen atoms in total. The number of hydrogen-bond acceptors (Lipinski definition) is 5.